The van der Waals surface area contributed by atoms with Crippen molar-refractivity contribution >= 4 is 37.5 Å². The predicted octanol–water partition coefficient (Wildman–Crippen LogP) is 4.84. The molecule has 0 heterocycles. The van der Waals surface area contributed by atoms with Crippen molar-refractivity contribution in [3.63, 3.8) is 0 Å². The van der Waals surface area contributed by atoms with E-state index in [2.05, 4.69) is 37.2 Å². The third-order valence-electron chi connectivity index (χ3n) is 2.91. The highest BCUT2D eigenvalue weighted by molar-refractivity contribution is 9.11. The maximum Gasteiger partial charge on any atom is 0.124 e. The minimum atomic E-state index is 0.640. The number of nitrogens with one attached hydrogen (secondary N) is 1. The van der Waals surface area contributed by atoms with E-state index in [0.717, 1.165) is 31.7 Å². The summed E-state index contributed by atoms with van der Waals surface area (Å²) in [5.41, 5.74) is 2.05. The second kappa shape index (κ2) is 6.99. The van der Waals surface area contributed by atoms with Crippen molar-refractivity contribution in [1.29, 1.82) is 0 Å². The fraction of sp³-hybridized carbons (Fsp3) is 0.200. The summed E-state index contributed by atoms with van der Waals surface area (Å²) < 4.78 is 12.6. The number of anilines is 1. The van der Waals surface area contributed by atoms with E-state index in [0.29, 0.717) is 6.54 Å². The van der Waals surface area contributed by atoms with Crippen LogP contribution in [0.15, 0.2) is 45.3 Å². The molecular formula is C15H15Br2NO2. The van der Waals surface area contributed by atoms with Gasteiger partial charge in [0.2, 0.25) is 0 Å². The van der Waals surface area contributed by atoms with Crippen LogP contribution in [0.3, 0.4) is 0 Å². The van der Waals surface area contributed by atoms with Crippen LogP contribution in [0, 0.1) is 0 Å². The van der Waals surface area contributed by atoms with Crippen molar-refractivity contribution in [2.24, 2.45) is 0 Å². The van der Waals surface area contributed by atoms with Crippen LogP contribution in [0.25, 0.3) is 0 Å². The highest BCUT2D eigenvalue weighted by atomic mass is 79.9. The topological polar surface area (TPSA) is 30.5 Å². The van der Waals surface area contributed by atoms with E-state index in [9.17, 15) is 0 Å². The Bertz CT molecular complexity index is 582. The summed E-state index contributed by atoms with van der Waals surface area (Å²) in [5, 5.41) is 3.39. The Kier molecular flexibility index (Phi) is 5.31. The highest BCUT2D eigenvalue weighted by Gasteiger charge is 2.08. The quantitative estimate of drug-likeness (QED) is 0.778. The maximum absolute atomic E-state index is 5.37. The fourth-order valence-electron chi connectivity index (χ4n) is 1.87. The monoisotopic (exact) mass is 399 g/mol. The molecule has 0 amide bonds. The summed E-state index contributed by atoms with van der Waals surface area (Å²) in [6.07, 6.45) is 0. The van der Waals surface area contributed by atoms with Gasteiger partial charge in [0.15, 0.2) is 0 Å². The standard InChI is InChI=1S/C15H15Br2NO2/c1-19-11-6-7-14(20-2)10(8-11)9-18-15-12(16)4-3-5-13(15)17/h3-8,18H,9H2,1-2H3. The normalized spacial score (nSPS) is 10.2. The molecule has 2 rings (SSSR count). The number of benzene rings is 2. The average Bonchev–Trinajstić information content (AvgIpc) is 2.46. The van der Waals surface area contributed by atoms with Gasteiger partial charge >= 0.3 is 0 Å². The molecule has 0 unspecified atom stereocenters. The maximum atomic E-state index is 5.37. The summed E-state index contributed by atoms with van der Waals surface area (Å²) in [5.74, 6) is 1.65. The van der Waals surface area contributed by atoms with Crippen LogP contribution in [0.4, 0.5) is 5.69 Å². The smallest absolute Gasteiger partial charge is 0.124 e. The Hall–Kier alpha value is -1.20. The van der Waals surface area contributed by atoms with Gasteiger partial charge in [0.05, 0.1) is 19.9 Å². The lowest BCUT2D eigenvalue weighted by molar-refractivity contribution is 0.399. The number of methoxy groups -OCH3 is 2. The first-order chi connectivity index (χ1) is 9.65. The number of halogens is 2. The van der Waals surface area contributed by atoms with Crippen LogP contribution >= 0.6 is 31.9 Å². The van der Waals surface area contributed by atoms with Gasteiger partial charge < -0.3 is 14.8 Å². The Balaban J connectivity index is 2.22. The molecule has 20 heavy (non-hydrogen) atoms. The summed E-state index contributed by atoms with van der Waals surface area (Å²) in [6.45, 7) is 0.640. The van der Waals surface area contributed by atoms with Crippen molar-refractivity contribution in [1.82, 2.24) is 0 Å². The molecular weight excluding hydrogens is 386 g/mol. The molecule has 3 nitrogen and oxygen atoms in total. The molecule has 1 N–H and O–H groups in total. The first-order valence-corrected chi connectivity index (χ1v) is 7.63. The molecule has 0 aromatic heterocycles. The van der Waals surface area contributed by atoms with Crippen molar-refractivity contribution in [2.75, 3.05) is 19.5 Å². The van der Waals surface area contributed by atoms with Crippen molar-refractivity contribution in [3.8, 4) is 11.5 Å². The molecule has 106 valence electrons. The molecule has 0 bridgehead atoms. The molecule has 0 spiro atoms. The molecule has 0 radical (unpaired) electrons. The third-order valence-corrected chi connectivity index (χ3v) is 4.23. The Morgan fingerprint density at radius 1 is 1.00 bits per heavy atom. The van der Waals surface area contributed by atoms with E-state index in [1.807, 2.05) is 36.4 Å². The minimum absolute atomic E-state index is 0.640. The van der Waals surface area contributed by atoms with Crippen molar-refractivity contribution in [2.45, 2.75) is 6.54 Å². The average molecular weight is 401 g/mol. The van der Waals surface area contributed by atoms with E-state index in [4.69, 9.17) is 9.47 Å². The number of ether oxygens (including phenoxy) is 2. The van der Waals surface area contributed by atoms with Gasteiger partial charge in [0, 0.05) is 21.1 Å². The molecule has 0 saturated heterocycles. The van der Waals surface area contributed by atoms with Gasteiger partial charge in [-0.25, -0.2) is 0 Å². The van der Waals surface area contributed by atoms with Gasteiger partial charge in [0.1, 0.15) is 11.5 Å². The van der Waals surface area contributed by atoms with E-state index in [-0.39, 0.29) is 0 Å². The molecule has 0 fully saturated rings. The molecule has 0 atom stereocenters. The molecule has 0 aliphatic carbocycles. The summed E-state index contributed by atoms with van der Waals surface area (Å²) >= 11 is 7.07. The first-order valence-electron chi connectivity index (χ1n) is 6.04. The molecule has 2 aromatic rings. The first kappa shape index (κ1) is 15.2. The lowest BCUT2D eigenvalue weighted by Gasteiger charge is -2.14. The SMILES string of the molecule is COc1ccc(OC)c(CNc2c(Br)cccc2Br)c1. The van der Waals surface area contributed by atoms with Crippen LogP contribution in [0.5, 0.6) is 11.5 Å². The number of rotatable bonds is 5. The van der Waals surface area contributed by atoms with Crippen LogP contribution in [0.1, 0.15) is 5.56 Å². The van der Waals surface area contributed by atoms with Gasteiger partial charge in [0.25, 0.3) is 0 Å². The second-order valence-corrected chi connectivity index (χ2v) is 5.84. The number of hydrogen-bond acceptors (Lipinski definition) is 3. The van der Waals surface area contributed by atoms with Crippen LogP contribution in [-0.2, 0) is 6.54 Å². The molecule has 0 aliphatic rings. The molecule has 5 heteroatoms. The Morgan fingerprint density at radius 3 is 2.30 bits per heavy atom. The highest BCUT2D eigenvalue weighted by Crippen LogP contribution is 2.32. The summed E-state index contributed by atoms with van der Waals surface area (Å²) in [6, 6.07) is 11.7. The van der Waals surface area contributed by atoms with Gasteiger partial charge in [-0.2, -0.15) is 0 Å². The molecule has 2 aromatic carbocycles. The zero-order valence-electron chi connectivity index (χ0n) is 11.2. The Morgan fingerprint density at radius 2 is 1.70 bits per heavy atom. The fourth-order valence-corrected chi connectivity index (χ4v) is 3.15. The van der Waals surface area contributed by atoms with Crippen LogP contribution in [-0.4, -0.2) is 14.2 Å². The van der Waals surface area contributed by atoms with E-state index >= 15 is 0 Å². The predicted molar refractivity (Wildman–Crippen MR) is 88.7 cm³/mol. The van der Waals surface area contributed by atoms with Gasteiger partial charge in [-0.05, 0) is 62.2 Å². The van der Waals surface area contributed by atoms with Crippen LogP contribution < -0.4 is 14.8 Å². The zero-order valence-corrected chi connectivity index (χ0v) is 14.4. The minimum Gasteiger partial charge on any atom is -0.497 e. The van der Waals surface area contributed by atoms with Crippen molar-refractivity contribution < 1.29 is 9.47 Å². The van der Waals surface area contributed by atoms with Gasteiger partial charge in [-0.3, -0.25) is 0 Å². The largest absolute Gasteiger partial charge is 0.497 e. The number of para-hydroxylation sites is 1. The lowest BCUT2D eigenvalue weighted by Crippen LogP contribution is -2.03. The van der Waals surface area contributed by atoms with E-state index in [1.54, 1.807) is 14.2 Å². The van der Waals surface area contributed by atoms with Crippen molar-refractivity contribution in [3.05, 3.63) is 50.9 Å². The zero-order chi connectivity index (χ0) is 14.5. The summed E-state index contributed by atoms with van der Waals surface area (Å²) in [7, 11) is 3.32. The van der Waals surface area contributed by atoms with Crippen LogP contribution in [0.2, 0.25) is 0 Å². The van der Waals surface area contributed by atoms with E-state index in [1.165, 1.54) is 0 Å². The third kappa shape index (κ3) is 3.46. The summed E-state index contributed by atoms with van der Waals surface area (Å²) in [4.78, 5) is 0. The van der Waals surface area contributed by atoms with Gasteiger partial charge in [-0.1, -0.05) is 6.07 Å². The van der Waals surface area contributed by atoms with E-state index < -0.39 is 0 Å². The Labute approximate surface area is 135 Å². The number of hydrogen-bond donors (Lipinski definition) is 1. The van der Waals surface area contributed by atoms with Gasteiger partial charge in [-0.15, -0.1) is 0 Å². The molecule has 0 saturated carbocycles. The molecule has 0 aliphatic heterocycles. The second-order valence-electron chi connectivity index (χ2n) is 4.13. The lowest BCUT2D eigenvalue weighted by atomic mass is 10.2.